The van der Waals surface area contributed by atoms with Crippen LogP contribution >= 0.6 is 0 Å². The van der Waals surface area contributed by atoms with Gasteiger partial charge in [0.05, 0.1) is 12.1 Å². The number of aryl methyl sites for hydroxylation is 1. The third-order valence-electron chi connectivity index (χ3n) is 3.65. The highest BCUT2D eigenvalue weighted by Gasteiger charge is 2.33. The van der Waals surface area contributed by atoms with Crippen molar-refractivity contribution in [2.45, 2.75) is 38.3 Å². The molecular weight excluding hydrogens is 224 g/mol. The van der Waals surface area contributed by atoms with Crippen LogP contribution in [0.15, 0.2) is 12.1 Å². The highest BCUT2D eigenvalue weighted by molar-refractivity contribution is 5.30. The lowest BCUT2D eigenvalue weighted by Gasteiger charge is -2.34. The Morgan fingerprint density at radius 1 is 1.35 bits per heavy atom. The summed E-state index contributed by atoms with van der Waals surface area (Å²) in [5.41, 5.74) is 5.94. The zero-order valence-electron chi connectivity index (χ0n) is 9.79. The quantitative estimate of drug-likeness (QED) is 0.853. The molecule has 4 heteroatoms. The summed E-state index contributed by atoms with van der Waals surface area (Å²) in [6, 6.07) is 1.58. The van der Waals surface area contributed by atoms with Crippen molar-refractivity contribution < 1.29 is 13.9 Å². The van der Waals surface area contributed by atoms with Gasteiger partial charge in [-0.15, -0.1) is 0 Å². The Kier molecular flexibility index (Phi) is 3.45. The van der Waals surface area contributed by atoms with Crippen LogP contribution in [-0.2, 0) is 0 Å². The maximum atomic E-state index is 13.8. The molecule has 0 amide bonds. The molecule has 1 aliphatic rings. The second-order valence-electron chi connectivity index (χ2n) is 4.80. The average molecular weight is 241 g/mol. The van der Waals surface area contributed by atoms with Gasteiger partial charge in [-0.3, -0.25) is 0 Å². The van der Waals surface area contributed by atoms with Crippen molar-refractivity contribution in [1.82, 2.24) is 0 Å². The first-order valence-electron chi connectivity index (χ1n) is 5.90. The van der Waals surface area contributed by atoms with Crippen molar-refractivity contribution in [3.63, 3.8) is 0 Å². The van der Waals surface area contributed by atoms with Gasteiger partial charge in [-0.2, -0.15) is 0 Å². The second kappa shape index (κ2) is 4.70. The number of aliphatic hydroxyl groups excluding tert-OH is 1. The molecule has 0 spiro atoms. The lowest BCUT2D eigenvalue weighted by molar-refractivity contribution is 0.0395. The first kappa shape index (κ1) is 12.5. The smallest absolute Gasteiger partial charge is 0.133 e. The van der Waals surface area contributed by atoms with Crippen LogP contribution in [-0.4, -0.2) is 11.2 Å². The fourth-order valence-electron chi connectivity index (χ4n) is 2.23. The summed E-state index contributed by atoms with van der Waals surface area (Å²) in [6.45, 7) is 1.56. The molecule has 0 heterocycles. The van der Waals surface area contributed by atoms with Gasteiger partial charge in [0.2, 0.25) is 0 Å². The van der Waals surface area contributed by atoms with Gasteiger partial charge in [0.1, 0.15) is 11.6 Å². The first-order valence-corrected chi connectivity index (χ1v) is 5.90. The topological polar surface area (TPSA) is 46.2 Å². The zero-order chi connectivity index (χ0) is 12.6. The Morgan fingerprint density at radius 2 is 2.00 bits per heavy atom. The minimum absolute atomic E-state index is 0.0734. The number of nitrogens with two attached hydrogens (primary N) is 1. The Hall–Kier alpha value is -1.00. The van der Waals surface area contributed by atoms with E-state index >= 15 is 0 Å². The molecule has 17 heavy (non-hydrogen) atoms. The molecule has 0 aliphatic heterocycles. The van der Waals surface area contributed by atoms with Crippen LogP contribution in [0, 0.1) is 24.5 Å². The van der Waals surface area contributed by atoms with Crippen molar-refractivity contribution in [2.75, 3.05) is 0 Å². The maximum Gasteiger partial charge on any atom is 0.133 e. The van der Waals surface area contributed by atoms with E-state index in [1.54, 1.807) is 6.92 Å². The second-order valence-corrected chi connectivity index (χ2v) is 4.80. The molecule has 1 fully saturated rings. The Balaban J connectivity index is 2.29. The minimum atomic E-state index is -0.986. The number of halogens is 2. The van der Waals surface area contributed by atoms with E-state index in [0.717, 1.165) is 19.3 Å². The van der Waals surface area contributed by atoms with Crippen LogP contribution in [0.25, 0.3) is 0 Å². The molecule has 2 rings (SSSR count). The third kappa shape index (κ3) is 2.19. The molecule has 1 aliphatic carbocycles. The fraction of sp³-hybridized carbons (Fsp3) is 0.538. The largest absolute Gasteiger partial charge is 0.391 e. The minimum Gasteiger partial charge on any atom is -0.391 e. The molecule has 0 unspecified atom stereocenters. The normalized spacial score (nSPS) is 19.8. The monoisotopic (exact) mass is 241 g/mol. The molecule has 1 aromatic rings. The highest BCUT2D eigenvalue weighted by Crippen LogP contribution is 2.35. The van der Waals surface area contributed by atoms with Gasteiger partial charge in [-0.1, -0.05) is 12.5 Å². The average Bonchev–Trinajstić information content (AvgIpc) is 2.21. The Bertz CT molecular complexity index is 418. The van der Waals surface area contributed by atoms with Crippen LogP contribution in [0.5, 0.6) is 0 Å². The van der Waals surface area contributed by atoms with Gasteiger partial charge in [0, 0.05) is 5.56 Å². The van der Waals surface area contributed by atoms with E-state index in [4.69, 9.17) is 5.73 Å². The molecule has 1 aromatic carbocycles. The fourth-order valence-corrected chi connectivity index (χ4v) is 2.23. The molecule has 2 atom stereocenters. The van der Waals surface area contributed by atoms with E-state index in [-0.39, 0.29) is 11.5 Å². The maximum absolute atomic E-state index is 13.8. The van der Waals surface area contributed by atoms with Gasteiger partial charge in [0.15, 0.2) is 0 Å². The van der Waals surface area contributed by atoms with E-state index in [1.807, 2.05) is 0 Å². The van der Waals surface area contributed by atoms with E-state index in [2.05, 4.69) is 0 Å². The molecule has 1 saturated carbocycles. The number of aliphatic hydroxyl groups is 1. The first-order chi connectivity index (χ1) is 8.02. The summed E-state index contributed by atoms with van der Waals surface area (Å²) in [7, 11) is 0. The van der Waals surface area contributed by atoms with Gasteiger partial charge >= 0.3 is 0 Å². The van der Waals surface area contributed by atoms with E-state index < -0.39 is 23.8 Å². The predicted octanol–water partition coefficient (Wildman–Crippen LogP) is 2.43. The Labute approximate surface area is 99.4 Å². The predicted molar refractivity (Wildman–Crippen MR) is 61.4 cm³/mol. The van der Waals surface area contributed by atoms with Crippen LogP contribution in [0.3, 0.4) is 0 Å². The molecular formula is C13H17F2NO. The molecule has 0 saturated heterocycles. The van der Waals surface area contributed by atoms with Gasteiger partial charge in [-0.25, -0.2) is 8.78 Å². The van der Waals surface area contributed by atoms with Gasteiger partial charge < -0.3 is 10.8 Å². The summed E-state index contributed by atoms with van der Waals surface area (Å²) in [4.78, 5) is 0. The van der Waals surface area contributed by atoms with E-state index in [0.29, 0.717) is 5.56 Å². The van der Waals surface area contributed by atoms with Crippen LogP contribution in [0.2, 0.25) is 0 Å². The lowest BCUT2D eigenvalue weighted by atomic mass is 9.77. The van der Waals surface area contributed by atoms with Crippen molar-refractivity contribution in [1.29, 1.82) is 0 Å². The van der Waals surface area contributed by atoms with E-state index in [9.17, 15) is 13.9 Å². The molecule has 3 N–H and O–H groups in total. The Morgan fingerprint density at radius 3 is 2.53 bits per heavy atom. The van der Waals surface area contributed by atoms with Crippen LogP contribution in [0.1, 0.15) is 36.4 Å². The lowest BCUT2D eigenvalue weighted by Crippen LogP contribution is -2.37. The van der Waals surface area contributed by atoms with Crippen molar-refractivity contribution in [3.05, 3.63) is 34.9 Å². The summed E-state index contributed by atoms with van der Waals surface area (Å²) in [6.07, 6.45) is 1.94. The van der Waals surface area contributed by atoms with Crippen molar-refractivity contribution in [2.24, 2.45) is 11.7 Å². The number of hydrogen-bond acceptors (Lipinski definition) is 2. The molecule has 0 radical (unpaired) electrons. The van der Waals surface area contributed by atoms with Crippen LogP contribution < -0.4 is 5.73 Å². The van der Waals surface area contributed by atoms with Gasteiger partial charge in [0.25, 0.3) is 0 Å². The number of hydrogen-bond donors (Lipinski definition) is 2. The van der Waals surface area contributed by atoms with Crippen molar-refractivity contribution >= 4 is 0 Å². The van der Waals surface area contributed by atoms with E-state index in [1.165, 1.54) is 12.1 Å². The zero-order valence-corrected chi connectivity index (χ0v) is 9.79. The van der Waals surface area contributed by atoms with Crippen LogP contribution in [0.4, 0.5) is 8.78 Å². The number of benzene rings is 1. The standard InChI is InChI=1S/C13H17F2NO/c1-7-5-6-9(14)10(11(7)15)12(16)13(17)8-3-2-4-8/h5-6,8,12-13,17H,2-4,16H2,1H3/t12-,13+/m0/s1. The molecule has 2 nitrogen and oxygen atoms in total. The SMILES string of the molecule is Cc1ccc(F)c([C@H](N)[C@H](O)C2CCC2)c1F. The summed E-state index contributed by atoms with van der Waals surface area (Å²) in [5.74, 6) is -1.25. The summed E-state index contributed by atoms with van der Waals surface area (Å²) in [5, 5.41) is 9.97. The van der Waals surface area contributed by atoms with Crippen molar-refractivity contribution in [3.8, 4) is 0 Å². The molecule has 94 valence electrons. The highest BCUT2D eigenvalue weighted by atomic mass is 19.1. The third-order valence-corrected chi connectivity index (χ3v) is 3.65. The number of rotatable bonds is 3. The van der Waals surface area contributed by atoms with Gasteiger partial charge in [-0.05, 0) is 37.3 Å². The summed E-state index contributed by atoms with van der Waals surface area (Å²) < 4.78 is 27.4. The molecule has 0 aromatic heterocycles. The molecule has 0 bridgehead atoms. The summed E-state index contributed by atoms with van der Waals surface area (Å²) >= 11 is 0.